The predicted molar refractivity (Wildman–Crippen MR) is 52.5 cm³/mol. The average Bonchev–Trinajstić information content (AvgIpc) is 1.97. The van der Waals surface area contributed by atoms with Crippen LogP contribution in [0, 0.1) is 0 Å². The van der Waals surface area contributed by atoms with Crippen LogP contribution in [0.4, 0.5) is 0 Å². The molecular weight excluding hydrogens is 166 g/mol. The molecular formula is C10H21NO2. The highest BCUT2D eigenvalue weighted by molar-refractivity contribution is 4.85. The molecule has 0 aromatic heterocycles. The van der Waals surface area contributed by atoms with Gasteiger partial charge in [-0.05, 0) is 40.0 Å². The van der Waals surface area contributed by atoms with Crippen molar-refractivity contribution in [3.05, 3.63) is 0 Å². The second kappa shape index (κ2) is 4.40. The molecule has 1 heterocycles. The Kier molecular flexibility index (Phi) is 3.71. The first kappa shape index (κ1) is 11.0. The Bertz CT molecular complexity index is 159. The molecule has 0 saturated carbocycles. The van der Waals surface area contributed by atoms with Crippen molar-refractivity contribution in [1.82, 2.24) is 5.32 Å². The number of hydrogen-bond acceptors (Lipinski definition) is 3. The molecule has 78 valence electrons. The Balaban J connectivity index is 2.38. The van der Waals surface area contributed by atoms with Crippen molar-refractivity contribution in [1.29, 1.82) is 0 Å². The van der Waals surface area contributed by atoms with E-state index in [2.05, 4.69) is 26.1 Å². The SMILES string of the molecule is CC1CC(C)(C)NC(CCCO)O1. The first-order valence-electron chi connectivity index (χ1n) is 5.07. The summed E-state index contributed by atoms with van der Waals surface area (Å²) in [5, 5.41) is 12.1. The molecule has 3 nitrogen and oxygen atoms in total. The van der Waals surface area contributed by atoms with Gasteiger partial charge in [-0.1, -0.05) is 0 Å². The van der Waals surface area contributed by atoms with Gasteiger partial charge < -0.3 is 9.84 Å². The van der Waals surface area contributed by atoms with Crippen LogP contribution in [0.1, 0.15) is 40.0 Å². The van der Waals surface area contributed by atoms with E-state index in [4.69, 9.17) is 9.84 Å². The van der Waals surface area contributed by atoms with Crippen LogP contribution in [0.2, 0.25) is 0 Å². The topological polar surface area (TPSA) is 41.5 Å². The van der Waals surface area contributed by atoms with Crippen LogP contribution in [0.25, 0.3) is 0 Å². The van der Waals surface area contributed by atoms with Gasteiger partial charge in [0.2, 0.25) is 0 Å². The zero-order chi connectivity index (χ0) is 9.90. The third-order valence-corrected chi connectivity index (χ3v) is 2.37. The molecule has 0 aromatic rings. The molecule has 1 rings (SSSR count). The quantitative estimate of drug-likeness (QED) is 0.699. The molecule has 1 aliphatic rings. The smallest absolute Gasteiger partial charge is 0.108 e. The van der Waals surface area contributed by atoms with Crippen LogP contribution >= 0.6 is 0 Å². The maximum atomic E-state index is 8.71. The monoisotopic (exact) mass is 187 g/mol. The van der Waals surface area contributed by atoms with Crippen molar-refractivity contribution in [2.75, 3.05) is 6.61 Å². The maximum Gasteiger partial charge on any atom is 0.108 e. The van der Waals surface area contributed by atoms with Gasteiger partial charge in [0.25, 0.3) is 0 Å². The molecule has 2 N–H and O–H groups in total. The van der Waals surface area contributed by atoms with E-state index in [0.717, 1.165) is 19.3 Å². The summed E-state index contributed by atoms with van der Waals surface area (Å²) < 4.78 is 5.70. The van der Waals surface area contributed by atoms with E-state index in [1.54, 1.807) is 0 Å². The summed E-state index contributed by atoms with van der Waals surface area (Å²) >= 11 is 0. The molecule has 0 aliphatic carbocycles. The van der Waals surface area contributed by atoms with Crippen LogP contribution in [0.5, 0.6) is 0 Å². The van der Waals surface area contributed by atoms with E-state index in [9.17, 15) is 0 Å². The lowest BCUT2D eigenvalue weighted by molar-refractivity contribution is -0.0916. The summed E-state index contributed by atoms with van der Waals surface area (Å²) in [6, 6.07) is 0. The third kappa shape index (κ3) is 3.63. The van der Waals surface area contributed by atoms with E-state index in [0.29, 0.717) is 6.10 Å². The number of aliphatic hydroxyl groups excluding tert-OH is 1. The van der Waals surface area contributed by atoms with Crippen LogP contribution in [-0.4, -0.2) is 29.6 Å². The highest BCUT2D eigenvalue weighted by Gasteiger charge is 2.31. The largest absolute Gasteiger partial charge is 0.396 e. The van der Waals surface area contributed by atoms with Crippen LogP contribution in [0.3, 0.4) is 0 Å². The molecule has 0 spiro atoms. The van der Waals surface area contributed by atoms with Crippen molar-refractivity contribution in [3.63, 3.8) is 0 Å². The van der Waals surface area contributed by atoms with Gasteiger partial charge >= 0.3 is 0 Å². The number of ether oxygens (including phenoxy) is 1. The summed E-state index contributed by atoms with van der Waals surface area (Å²) in [6.45, 7) is 6.74. The minimum Gasteiger partial charge on any atom is -0.396 e. The zero-order valence-corrected chi connectivity index (χ0v) is 8.84. The van der Waals surface area contributed by atoms with Gasteiger partial charge in [0.15, 0.2) is 0 Å². The Morgan fingerprint density at radius 1 is 1.54 bits per heavy atom. The van der Waals surface area contributed by atoms with Gasteiger partial charge in [-0.2, -0.15) is 0 Å². The maximum absolute atomic E-state index is 8.71. The molecule has 0 aromatic carbocycles. The predicted octanol–water partition coefficient (Wildman–Crippen LogP) is 1.26. The van der Waals surface area contributed by atoms with Gasteiger partial charge in [0.05, 0.1) is 6.10 Å². The van der Waals surface area contributed by atoms with E-state index in [1.807, 2.05) is 0 Å². The summed E-state index contributed by atoms with van der Waals surface area (Å²) in [6.07, 6.45) is 3.18. The molecule has 1 fully saturated rings. The minimum atomic E-state index is 0.117. The Morgan fingerprint density at radius 3 is 2.77 bits per heavy atom. The van der Waals surface area contributed by atoms with Crippen molar-refractivity contribution < 1.29 is 9.84 Å². The lowest BCUT2D eigenvalue weighted by Gasteiger charge is -2.40. The molecule has 1 aliphatic heterocycles. The summed E-state index contributed by atoms with van der Waals surface area (Å²) in [5.74, 6) is 0. The molecule has 2 unspecified atom stereocenters. The molecule has 2 atom stereocenters. The fourth-order valence-electron chi connectivity index (χ4n) is 1.99. The summed E-state index contributed by atoms with van der Waals surface area (Å²) in [7, 11) is 0. The number of rotatable bonds is 3. The second-order valence-electron chi connectivity index (χ2n) is 4.53. The van der Waals surface area contributed by atoms with Crippen LogP contribution in [0.15, 0.2) is 0 Å². The van der Waals surface area contributed by atoms with E-state index in [-0.39, 0.29) is 18.4 Å². The summed E-state index contributed by atoms with van der Waals surface area (Å²) in [4.78, 5) is 0. The average molecular weight is 187 g/mol. The second-order valence-corrected chi connectivity index (χ2v) is 4.53. The number of aliphatic hydroxyl groups is 1. The first-order valence-corrected chi connectivity index (χ1v) is 5.07. The normalized spacial score (nSPS) is 33.2. The molecule has 3 heteroatoms. The minimum absolute atomic E-state index is 0.117. The lowest BCUT2D eigenvalue weighted by Crippen LogP contribution is -2.54. The fraction of sp³-hybridized carbons (Fsp3) is 1.00. The van der Waals surface area contributed by atoms with Gasteiger partial charge in [0.1, 0.15) is 6.23 Å². The van der Waals surface area contributed by atoms with Gasteiger partial charge in [-0.15, -0.1) is 0 Å². The molecule has 13 heavy (non-hydrogen) atoms. The van der Waals surface area contributed by atoms with Crippen molar-refractivity contribution in [2.45, 2.75) is 57.9 Å². The van der Waals surface area contributed by atoms with E-state index < -0.39 is 0 Å². The molecule has 0 bridgehead atoms. The Labute approximate surface area is 80.5 Å². The highest BCUT2D eigenvalue weighted by Crippen LogP contribution is 2.22. The van der Waals surface area contributed by atoms with E-state index in [1.165, 1.54) is 0 Å². The lowest BCUT2D eigenvalue weighted by atomic mass is 9.95. The van der Waals surface area contributed by atoms with Gasteiger partial charge in [-0.25, -0.2) is 0 Å². The number of hydrogen-bond donors (Lipinski definition) is 2. The van der Waals surface area contributed by atoms with Gasteiger partial charge in [-0.3, -0.25) is 5.32 Å². The first-order chi connectivity index (χ1) is 6.03. The molecule has 1 saturated heterocycles. The zero-order valence-electron chi connectivity index (χ0n) is 8.84. The molecule has 0 amide bonds. The van der Waals surface area contributed by atoms with Crippen molar-refractivity contribution >= 4 is 0 Å². The Morgan fingerprint density at radius 2 is 2.23 bits per heavy atom. The van der Waals surface area contributed by atoms with Crippen LogP contribution in [-0.2, 0) is 4.74 Å². The number of nitrogens with one attached hydrogen (secondary N) is 1. The van der Waals surface area contributed by atoms with Gasteiger partial charge in [0, 0.05) is 12.1 Å². The standard InChI is InChI=1S/C10H21NO2/c1-8-7-10(2,3)11-9(13-8)5-4-6-12/h8-9,11-12H,4-7H2,1-3H3. The Hall–Kier alpha value is -0.120. The highest BCUT2D eigenvalue weighted by atomic mass is 16.5. The van der Waals surface area contributed by atoms with Crippen LogP contribution < -0.4 is 5.32 Å². The summed E-state index contributed by atoms with van der Waals surface area (Å²) in [5.41, 5.74) is 0.164. The fourth-order valence-corrected chi connectivity index (χ4v) is 1.99. The third-order valence-electron chi connectivity index (χ3n) is 2.37. The van der Waals surface area contributed by atoms with E-state index >= 15 is 0 Å². The van der Waals surface area contributed by atoms with Crippen molar-refractivity contribution in [2.24, 2.45) is 0 Å². The molecule has 0 radical (unpaired) electrons. The van der Waals surface area contributed by atoms with Crippen molar-refractivity contribution in [3.8, 4) is 0 Å².